The highest BCUT2D eigenvalue weighted by Crippen LogP contribution is 2.41. The van der Waals surface area contributed by atoms with E-state index in [1.165, 1.54) is 0 Å². The monoisotopic (exact) mass is 589 g/mol. The lowest BCUT2D eigenvalue weighted by Gasteiger charge is -2.34. The van der Waals surface area contributed by atoms with E-state index in [0.717, 1.165) is 22.7 Å². The van der Waals surface area contributed by atoms with Gasteiger partial charge in [0.2, 0.25) is 0 Å². The quantitative estimate of drug-likeness (QED) is 0.119. The lowest BCUT2D eigenvalue weighted by Crippen LogP contribution is -2.38. The molecule has 0 spiro atoms. The number of Topliss-reactive ketones (excluding diaryl/α,β-unsaturated/α-hetero) is 1. The Kier molecular flexibility index (Phi) is 8.31. The second kappa shape index (κ2) is 10.3. The molecule has 184 valence electrons. The Morgan fingerprint density at radius 2 is 2.00 bits per heavy atom. The van der Waals surface area contributed by atoms with E-state index in [1.807, 2.05) is 0 Å². The van der Waals surface area contributed by atoms with Crippen LogP contribution in [-0.2, 0) is 27.7 Å². The van der Waals surface area contributed by atoms with Crippen molar-refractivity contribution >= 4 is 66.1 Å². The molecule has 3 N–H and O–H groups in total. The number of carbonyl (C=O) groups is 1. The molecule has 33 heavy (non-hydrogen) atoms. The first-order chi connectivity index (χ1) is 15.3. The fourth-order valence-corrected chi connectivity index (χ4v) is 4.88. The summed E-state index contributed by atoms with van der Waals surface area (Å²) in [5, 5.41) is 10.5. The zero-order valence-electron chi connectivity index (χ0n) is 16.1. The Hall–Kier alpha value is -1.01. The largest absolute Gasteiger partial charge is 0.790 e. The van der Waals surface area contributed by atoms with Gasteiger partial charge in [0, 0.05) is 0 Å². The summed E-state index contributed by atoms with van der Waals surface area (Å²) in [4.78, 5) is 67.7. The lowest BCUT2D eigenvalue weighted by atomic mass is 10.1. The number of thioether (sulfide) groups is 1. The topological polar surface area (TPSA) is 261 Å². The van der Waals surface area contributed by atoms with Crippen LogP contribution in [0.4, 0.5) is 5.82 Å². The van der Waals surface area contributed by atoms with Crippen LogP contribution >= 0.6 is 43.3 Å². The fourth-order valence-electron chi connectivity index (χ4n) is 2.86. The highest BCUT2D eigenvalue weighted by Gasteiger charge is 2.47. The van der Waals surface area contributed by atoms with E-state index in [2.05, 4.69) is 39.9 Å². The summed E-state index contributed by atoms with van der Waals surface area (Å²) < 4.78 is 37.0. The number of phosphoric acid groups is 2. The molecular formula is C13H14BrN5O11P2S-4. The third-order valence-corrected chi connectivity index (χ3v) is 6.67. The van der Waals surface area contributed by atoms with E-state index in [0.29, 0.717) is 0 Å². The van der Waals surface area contributed by atoms with Crippen LogP contribution in [0.15, 0.2) is 11.5 Å². The highest BCUT2D eigenvalue weighted by molar-refractivity contribution is 9.09. The number of phosphoric ester groups is 2. The third kappa shape index (κ3) is 6.78. The van der Waals surface area contributed by atoms with Crippen molar-refractivity contribution in [1.29, 1.82) is 0 Å². The van der Waals surface area contributed by atoms with E-state index in [-0.39, 0.29) is 39.0 Å². The van der Waals surface area contributed by atoms with Gasteiger partial charge >= 0.3 is 0 Å². The standard InChI is InChI=1S/C13H18BrN5O11P2S/c14-1-5(20)3-33-13-17-10(15)7-11(18-13)19(4-16-7)12-9(30-32(25,26)27)8(21)6(29-12)2-28-31(22,23)24/h4,6,8-9,12,21H,1-3H2,(H2,15,17,18)(H2,22,23,24)(H2,25,26,27)/p-4/t6-,8-,9-,12-/m1/s1. The van der Waals surface area contributed by atoms with Crippen LogP contribution in [0.25, 0.3) is 11.2 Å². The number of aliphatic hydroxyl groups is 1. The zero-order chi connectivity index (χ0) is 24.6. The maximum absolute atomic E-state index is 11.5. The van der Waals surface area contributed by atoms with Crippen LogP contribution in [0.3, 0.4) is 0 Å². The Labute approximate surface area is 197 Å². The molecule has 1 fully saturated rings. The molecule has 1 aliphatic rings. The predicted molar refractivity (Wildman–Crippen MR) is 105 cm³/mol. The molecule has 0 saturated carbocycles. The molecule has 0 unspecified atom stereocenters. The average molecular weight is 590 g/mol. The van der Waals surface area contributed by atoms with Crippen LogP contribution in [0.1, 0.15) is 6.23 Å². The molecule has 16 nitrogen and oxygen atoms in total. The fraction of sp³-hybridized carbons (Fsp3) is 0.538. The molecule has 2 aromatic heterocycles. The molecule has 1 aliphatic heterocycles. The number of aromatic nitrogens is 4. The smallest absolute Gasteiger partial charge is 0.192 e. The number of aliphatic hydroxyl groups excluding tert-OH is 1. The van der Waals surface area contributed by atoms with Crippen molar-refractivity contribution in [1.82, 2.24) is 19.5 Å². The van der Waals surface area contributed by atoms with E-state index in [9.17, 15) is 38.6 Å². The molecule has 0 aliphatic carbocycles. The molecule has 2 aromatic rings. The van der Waals surface area contributed by atoms with E-state index < -0.39 is 46.8 Å². The van der Waals surface area contributed by atoms with Gasteiger partial charge < -0.3 is 53.3 Å². The summed E-state index contributed by atoms with van der Waals surface area (Å²) in [5.74, 6) is -0.251. The van der Waals surface area contributed by atoms with Gasteiger partial charge in [-0.1, -0.05) is 27.7 Å². The number of carbonyl (C=O) groups excluding carboxylic acids is 1. The maximum atomic E-state index is 11.5. The first-order valence-electron chi connectivity index (χ1n) is 8.70. The predicted octanol–water partition coefficient (Wildman–Crippen LogP) is -3.22. The summed E-state index contributed by atoms with van der Waals surface area (Å²) in [6.45, 7) is -0.983. The van der Waals surface area contributed by atoms with E-state index >= 15 is 0 Å². The van der Waals surface area contributed by atoms with Crippen molar-refractivity contribution in [2.45, 2.75) is 29.7 Å². The van der Waals surface area contributed by atoms with Crippen molar-refractivity contribution in [3.8, 4) is 0 Å². The normalized spacial score (nSPS) is 23.9. The summed E-state index contributed by atoms with van der Waals surface area (Å²) >= 11 is 3.97. The van der Waals surface area contributed by atoms with Gasteiger partial charge in [0.15, 0.2) is 28.6 Å². The van der Waals surface area contributed by atoms with Crippen LogP contribution in [-0.4, -0.2) is 66.4 Å². The van der Waals surface area contributed by atoms with Gasteiger partial charge in [-0.15, -0.1) is 0 Å². The first kappa shape index (κ1) is 26.6. The number of hydrogen-bond acceptors (Lipinski definition) is 16. The van der Waals surface area contributed by atoms with Gasteiger partial charge in [0.05, 0.1) is 39.7 Å². The molecule has 3 heterocycles. The number of ketones is 1. The van der Waals surface area contributed by atoms with Gasteiger partial charge in [0.25, 0.3) is 0 Å². The number of ether oxygens (including phenoxy) is 1. The number of nitrogens with zero attached hydrogens (tertiary/aromatic N) is 4. The molecular weight excluding hydrogens is 576 g/mol. The van der Waals surface area contributed by atoms with Crippen molar-refractivity contribution < 1.29 is 52.4 Å². The summed E-state index contributed by atoms with van der Waals surface area (Å²) in [6, 6.07) is 0. The van der Waals surface area contributed by atoms with Gasteiger partial charge in [-0.2, -0.15) is 0 Å². The Bertz CT molecular complexity index is 1130. The minimum absolute atomic E-state index is 0.00805. The minimum atomic E-state index is -5.67. The summed E-state index contributed by atoms with van der Waals surface area (Å²) in [7, 11) is -11.1. The van der Waals surface area contributed by atoms with Crippen molar-refractivity contribution in [2.75, 3.05) is 23.4 Å². The zero-order valence-corrected chi connectivity index (χ0v) is 20.3. The van der Waals surface area contributed by atoms with E-state index in [1.54, 1.807) is 0 Å². The van der Waals surface area contributed by atoms with Gasteiger partial charge in [-0.3, -0.25) is 9.36 Å². The van der Waals surface area contributed by atoms with Crippen LogP contribution < -0.4 is 25.3 Å². The van der Waals surface area contributed by atoms with Gasteiger partial charge in [-0.05, 0) is 0 Å². The van der Waals surface area contributed by atoms with Crippen molar-refractivity contribution in [3.63, 3.8) is 0 Å². The Balaban J connectivity index is 1.97. The molecule has 0 amide bonds. The van der Waals surface area contributed by atoms with Crippen LogP contribution in [0.5, 0.6) is 0 Å². The number of nitrogen functional groups attached to an aromatic ring is 1. The number of nitrogens with two attached hydrogens (primary N) is 1. The van der Waals surface area contributed by atoms with E-state index in [4.69, 9.17) is 10.5 Å². The second-order valence-corrected chi connectivity index (χ2v) is 10.3. The second-order valence-electron chi connectivity index (χ2n) is 6.49. The number of fused-ring (bicyclic) bond motifs is 1. The molecule has 1 saturated heterocycles. The summed E-state index contributed by atoms with van der Waals surface area (Å²) in [5.41, 5.74) is 5.88. The Morgan fingerprint density at radius 1 is 1.30 bits per heavy atom. The van der Waals surface area contributed by atoms with Crippen molar-refractivity contribution in [3.05, 3.63) is 6.33 Å². The first-order valence-corrected chi connectivity index (χ1v) is 13.7. The van der Waals surface area contributed by atoms with Crippen LogP contribution in [0.2, 0.25) is 0 Å². The number of halogens is 1. The number of anilines is 1. The average Bonchev–Trinajstić information content (AvgIpc) is 3.25. The SMILES string of the molecule is Nc1nc(SCC(=O)CBr)nc2c1ncn2[C@@H]1O[C@H](COP(=O)([O-])[O-])[C@@H](O)[C@H]1OP(=O)([O-])[O-]. The molecule has 0 aromatic carbocycles. The van der Waals surface area contributed by atoms with Crippen molar-refractivity contribution in [2.24, 2.45) is 0 Å². The van der Waals surface area contributed by atoms with Crippen LogP contribution in [0, 0.1) is 0 Å². The molecule has 20 heteroatoms. The lowest BCUT2D eigenvalue weighted by molar-refractivity contribution is -0.348. The number of rotatable bonds is 10. The molecule has 4 atom stereocenters. The maximum Gasteiger partial charge on any atom is 0.192 e. The molecule has 0 bridgehead atoms. The molecule has 3 rings (SSSR count). The number of imidazole rings is 1. The Morgan fingerprint density at radius 3 is 2.61 bits per heavy atom. The van der Waals surface area contributed by atoms with Gasteiger partial charge in [-0.25, -0.2) is 15.0 Å². The number of alkyl halides is 1. The highest BCUT2D eigenvalue weighted by atomic mass is 79.9. The van der Waals surface area contributed by atoms with Gasteiger partial charge in [0.1, 0.15) is 23.8 Å². The summed E-state index contributed by atoms with van der Waals surface area (Å²) in [6.07, 6.45) is -5.86. The minimum Gasteiger partial charge on any atom is -0.790 e. The number of hydrogen-bond donors (Lipinski definition) is 2. The molecule has 0 radical (unpaired) electrons. The third-order valence-electron chi connectivity index (χ3n) is 4.17.